The van der Waals surface area contributed by atoms with Crippen molar-refractivity contribution < 1.29 is 29.9 Å². The van der Waals surface area contributed by atoms with Gasteiger partial charge in [-0.2, -0.15) is 0 Å². The Hall–Kier alpha value is -1.92. The van der Waals surface area contributed by atoms with Crippen molar-refractivity contribution in [2.24, 2.45) is 11.8 Å². The van der Waals surface area contributed by atoms with Crippen molar-refractivity contribution in [1.82, 2.24) is 0 Å². The molecule has 6 heteroatoms. The Morgan fingerprint density at radius 3 is 2.07 bits per heavy atom. The molecule has 0 bridgehead atoms. The first kappa shape index (κ1) is 26.1. The van der Waals surface area contributed by atoms with Crippen LogP contribution >= 0.6 is 0 Å². The first-order chi connectivity index (χ1) is 13.1. The van der Waals surface area contributed by atoms with Crippen LogP contribution in [0, 0.1) is 11.8 Å². The van der Waals surface area contributed by atoms with Crippen LogP contribution in [0.4, 0.5) is 0 Å². The molecule has 0 spiro atoms. The maximum Gasteiger partial charge on any atom is 0.364 e. The molecule has 0 heterocycles. The van der Waals surface area contributed by atoms with Crippen molar-refractivity contribution in [3.05, 3.63) is 35.9 Å². The minimum Gasteiger partial charge on any atom is -0.550 e. The number of esters is 1. The minimum absolute atomic E-state index is 0.111. The van der Waals surface area contributed by atoms with Crippen LogP contribution in [-0.4, -0.2) is 36.8 Å². The smallest absolute Gasteiger partial charge is 0.364 e. The minimum atomic E-state index is -1.08. The molecule has 3 N–H and O–H groups in total. The average molecular weight is 396 g/mol. The number of hydrogen-bond donors (Lipinski definition) is 1. The maximum absolute atomic E-state index is 11.9. The second-order valence-corrected chi connectivity index (χ2v) is 7.58. The largest absolute Gasteiger partial charge is 0.550 e. The van der Waals surface area contributed by atoms with E-state index in [1.807, 2.05) is 13.0 Å². The van der Waals surface area contributed by atoms with Crippen molar-refractivity contribution in [1.29, 1.82) is 0 Å². The molecule has 0 aliphatic carbocycles. The van der Waals surface area contributed by atoms with Crippen molar-refractivity contribution >= 4 is 11.9 Å². The summed E-state index contributed by atoms with van der Waals surface area (Å²) in [5.41, 5.74) is 5.03. The third-order valence-corrected chi connectivity index (χ3v) is 4.12. The van der Waals surface area contributed by atoms with E-state index < -0.39 is 5.97 Å². The molecule has 6 nitrogen and oxygen atoms in total. The summed E-state index contributed by atoms with van der Waals surface area (Å²) < 4.78 is 11.8. The average Bonchev–Trinajstić information content (AvgIpc) is 2.60. The molecule has 0 saturated heterocycles. The number of aliphatic carboxylic acids is 1. The first-order valence-corrected chi connectivity index (χ1v) is 9.95. The molecule has 1 aromatic rings. The Kier molecular flexibility index (Phi) is 13.2. The number of carboxylic acid groups (broad SMARTS) is 1. The van der Waals surface area contributed by atoms with Gasteiger partial charge < -0.3 is 25.1 Å². The molecule has 28 heavy (non-hydrogen) atoms. The quantitative estimate of drug-likeness (QED) is 0.606. The third-order valence-electron chi connectivity index (χ3n) is 4.12. The molecule has 1 aromatic carbocycles. The molecule has 4 atom stereocenters. The highest BCUT2D eigenvalue weighted by Crippen LogP contribution is 2.23. The van der Waals surface area contributed by atoms with Gasteiger partial charge in [0.15, 0.2) is 6.04 Å². The van der Waals surface area contributed by atoms with Crippen molar-refractivity contribution in [3.8, 4) is 0 Å². The van der Waals surface area contributed by atoms with Crippen molar-refractivity contribution in [2.45, 2.75) is 72.6 Å². The molecule has 0 fully saturated rings. The number of hydrogen-bond acceptors (Lipinski definition) is 5. The molecule has 0 radical (unpaired) electrons. The van der Waals surface area contributed by atoms with Crippen LogP contribution < -0.4 is 10.8 Å². The highest BCUT2D eigenvalue weighted by atomic mass is 16.6. The summed E-state index contributed by atoms with van der Waals surface area (Å²) in [4.78, 5) is 20.8. The Morgan fingerprint density at radius 1 is 1.11 bits per heavy atom. The molecular weight excluding hydrogens is 358 g/mol. The second kappa shape index (κ2) is 14.1. The van der Waals surface area contributed by atoms with Crippen molar-refractivity contribution in [3.63, 3.8) is 0 Å². The zero-order valence-corrected chi connectivity index (χ0v) is 18.1. The van der Waals surface area contributed by atoms with E-state index in [0.29, 0.717) is 18.4 Å². The van der Waals surface area contributed by atoms with Crippen LogP contribution in [0.2, 0.25) is 0 Å². The van der Waals surface area contributed by atoms with Gasteiger partial charge in [0.1, 0.15) is 6.10 Å². The lowest BCUT2D eigenvalue weighted by molar-refractivity contribution is -0.403. The summed E-state index contributed by atoms with van der Waals surface area (Å²) >= 11 is 0. The Bertz CT molecular complexity index is 555. The van der Waals surface area contributed by atoms with Gasteiger partial charge in [-0.15, -0.1) is 0 Å². The predicted octanol–water partition coefficient (Wildman–Crippen LogP) is 1.61. The molecule has 0 aromatic heterocycles. The van der Waals surface area contributed by atoms with Crippen LogP contribution in [-0.2, 0) is 25.5 Å². The van der Waals surface area contributed by atoms with Gasteiger partial charge in [-0.25, -0.2) is 4.79 Å². The zero-order valence-electron chi connectivity index (χ0n) is 18.1. The highest BCUT2D eigenvalue weighted by molar-refractivity contribution is 5.73. The monoisotopic (exact) mass is 395 g/mol. The van der Waals surface area contributed by atoms with Gasteiger partial charge in [-0.3, -0.25) is 0 Å². The van der Waals surface area contributed by atoms with Crippen LogP contribution in [0.3, 0.4) is 0 Å². The predicted molar refractivity (Wildman–Crippen MR) is 107 cm³/mol. The molecule has 0 aliphatic rings. The van der Waals surface area contributed by atoms with Crippen LogP contribution in [0.15, 0.2) is 30.3 Å². The lowest BCUT2D eigenvalue weighted by Gasteiger charge is -2.32. The fourth-order valence-electron chi connectivity index (χ4n) is 2.73. The van der Waals surface area contributed by atoms with Gasteiger partial charge in [0.05, 0.1) is 6.10 Å². The van der Waals surface area contributed by atoms with Crippen LogP contribution in [0.5, 0.6) is 0 Å². The molecule has 1 unspecified atom stereocenters. The van der Waals surface area contributed by atoms with Crippen LogP contribution in [0.1, 0.15) is 53.5 Å². The van der Waals surface area contributed by atoms with E-state index in [0.717, 1.165) is 19.8 Å². The molecule has 0 aliphatic heterocycles. The summed E-state index contributed by atoms with van der Waals surface area (Å²) in [6, 6.07) is 10.0. The van der Waals surface area contributed by atoms with E-state index in [-0.39, 0.29) is 24.2 Å². The number of carboxylic acids is 1. The van der Waals surface area contributed by atoms with Crippen molar-refractivity contribution in [2.75, 3.05) is 6.61 Å². The molecule has 0 saturated carbocycles. The van der Waals surface area contributed by atoms with E-state index in [9.17, 15) is 4.79 Å². The van der Waals surface area contributed by atoms with E-state index in [4.69, 9.17) is 19.4 Å². The number of rotatable bonds is 10. The Morgan fingerprint density at radius 2 is 1.64 bits per heavy atom. The first-order valence-electron chi connectivity index (χ1n) is 9.95. The molecule has 1 rings (SSSR count). The molecule has 0 amide bonds. The number of carbonyl (C=O) groups excluding carboxylic acids is 2. The molecule has 160 valence electrons. The number of carbonyl (C=O) groups is 2. The molecular formula is C22H37NO5. The summed E-state index contributed by atoms with van der Waals surface area (Å²) in [5, 5.41) is 8.89. The van der Waals surface area contributed by atoms with Gasteiger partial charge in [0.25, 0.3) is 0 Å². The Labute approximate surface area is 169 Å². The maximum atomic E-state index is 11.9. The normalized spacial score (nSPS) is 15.0. The fraction of sp³-hybridized carbons (Fsp3) is 0.636. The standard InChI is InChI=1S/C20H33NO3.C2H4O2/c1-6-18(12-17-10-8-7-9-11-17)19(23-13-14(2)3)16(5)24-20(22)15(4)21;1-2(3)4/h7-11,14-16,18-19H,6,12-13,21H2,1-5H3;1H3,(H,3,4)/t15?,16-,18+,19-;/m0./s1. The highest BCUT2D eigenvalue weighted by Gasteiger charge is 2.31. The third kappa shape index (κ3) is 11.7. The number of ether oxygens (including phenoxy) is 2. The summed E-state index contributed by atoms with van der Waals surface area (Å²) in [6.45, 7) is 11.7. The lowest BCUT2D eigenvalue weighted by Crippen LogP contribution is -2.64. The van der Waals surface area contributed by atoms with Gasteiger partial charge in [0.2, 0.25) is 0 Å². The van der Waals surface area contributed by atoms with E-state index in [1.165, 1.54) is 5.56 Å². The van der Waals surface area contributed by atoms with E-state index in [1.54, 1.807) is 6.92 Å². The van der Waals surface area contributed by atoms with Gasteiger partial charge in [-0.1, -0.05) is 57.5 Å². The van der Waals surface area contributed by atoms with Crippen LogP contribution in [0.25, 0.3) is 0 Å². The summed E-state index contributed by atoms with van der Waals surface area (Å²) in [6.07, 6.45) is 1.50. The zero-order chi connectivity index (χ0) is 21.7. The van der Waals surface area contributed by atoms with Gasteiger partial charge in [0, 0.05) is 12.6 Å². The topological polar surface area (TPSA) is 103 Å². The fourth-order valence-corrected chi connectivity index (χ4v) is 2.73. The number of benzene rings is 1. The second-order valence-electron chi connectivity index (χ2n) is 7.58. The lowest BCUT2D eigenvalue weighted by atomic mass is 9.89. The SMILES string of the molecule is CC(=O)[O-].CC[C@H](Cc1ccccc1)[C@@H](OCC(C)C)[C@H](C)OC(=O)C(C)[NH3+]. The van der Waals surface area contributed by atoms with E-state index >= 15 is 0 Å². The summed E-state index contributed by atoms with van der Waals surface area (Å²) in [7, 11) is 0. The van der Waals surface area contributed by atoms with Gasteiger partial charge >= 0.3 is 5.97 Å². The summed E-state index contributed by atoms with van der Waals surface area (Å²) in [5.74, 6) is -0.610. The number of quaternary nitrogens is 1. The van der Waals surface area contributed by atoms with Gasteiger partial charge in [-0.05, 0) is 44.6 Å². The van der Waals surface area contributed by atoms with E-state index in [2.05, 4.69) is 50.8 Å². The Balaban J connectivity index is 0.00000165.